The highest BCUT2D eigenvalue weighted by molar-refractivity contribution is 5.81. The highest BCUT2D eigenvalue weighted by Crippen LogP contribution is 2.12. The van der Waals surface area contributed by atoms with Gasteiger partial charge in [0.15, 0.2) is 0 Å². The Labute approximate surface area is 115 Å². The fourth-order valence-electron chi connectivity index (χ4n) is 2.53. The monoisotopic (exact) mass is 261 g/mol. The number of hydrogen-bond donors (Lipinski definition) is 2. The second kappa shape index (κ2) is 6.68. The summed E-state index contributed by atoms with van der Waals surface area (Å²) in [4.78, 5) is 14.2. The molecular formula is C15H23N3O. The van der Waals surface area contributed by atoms with Gasteiger partial charge in [0.1, 0.15) is 0 Å². The maximum atomic E-state index is 11.9. The number of nitrogens with one attached hydrogen (secondary N) is 1. The van der Waals surface area contributed by atoms with E-state index in [0.29, 0.717) is 12.3 Å². The molecule has 0 radical (unpaired) electrons. The minimum absolute atomic E-state index is 0.0431. The molecule has 1 unspecified atom stereocenters. The third-order valence-electron chi connectivity index (χ3n) is 3.69. The highest BCUT2D eigenvalue weighted by atomic mass is 16.2. The molecule has 2 atom stereocenters. The van der Waals surface area contributed by atoms with E-state index < -0.39 is 6.04 Å². The summed E-state index contributed by atoms with van der Waals surface area (Å²) in [6.07, 6.45) is 1.75. The number of carbonyl (C=O) groups excluding carboxylic acids is 1. The van der Waals surface area contributed by atoms with E-state index in [0.717, 1.165) is 31.6 Å². The number of likely N-dealkylation sites (tertiary alicyclic amines) is 1. The Morgan fingerprint density at radius 1 is 1.47 bits per heavy atom. The molecule has 2 rings (SSSR count). The molecule has 0 saturated carbocycles. The van der Waals surface area contributed by atoms with Gasteiger partial charge < -0.3 is 16.0 Å². The smallest absolute Gasteiger partial charge is 0.237 e. The average molecular weight is 261 g/mol. The molecule has 19 heavy (non-hydrogen) atoms. The van der Waals surface area contributed by atoms with Gasteiger partial charge in [-0.05, 0) is 37.9 Å². The molecule has 104 valence electrons. The highest BCUT2D eigenvalue weighted by Gasteiger charge is 2.21. The predicted molar refractivity (Wildman–Crippen MR) is 76.7 cm³/mol. The van der Waals surface area contributed by atoms with Crippen molar-refractivity contribution in [3.8, 4) is 0 Å². The van der Waals surface area contributed by atoms with Gasteiger partial charge >= 0.3 is 0 Å². The Hall–Kier alpha value is -1.39. The third kappa shape index (κ3) is 4.33. The van der Waals surface area contributed by atoms with Crippen molar-refractivity contribution in [2.75, 3.05) is 26.7 Å². The minimum atomic E-state index is -0.457. The van der Waals surface area contributed by atoms with Crippen LogP contribution in [0.5, 0.6) is 0 Å². The lowest BCUT2D eigenvalue weighted by atomic mass is 10.1. The molecule has 0 bridgehead atoms. The van der Waals surface area contributed by atoms with Gasteiger partial charge in [-0.15, -0.1) is 0 Å². The standard InChI is InChI=1S/C15H23N3O/c1-18-8-7-13(11-18)10-17-15(19)14(16)9-12-5-3-2-4-6-12/h2-6,13-14H,7-11,16H2,1H3,(H,17,19)/t13?,14-/m1/s1. The Morgan fingerprint density at radius 3 is 2.84 bits per heavy atom. The van der Waals surface area contributed by atoms with Crippen molar-refractivity contribution in [1.82, 2.24) is 10.2 Å². The quantitative estimate of drug-likeness (QED) is 0.817. The Kier molecular flexibility index (Phi) is 4.93. The SMILES string of the molecule is CN1CCC(CNC(=O)[C@H](N)Cc2ccccc2)C1. The van der Waals surface area contributed by atoms with Gasteiger partial charge in [0.05, 0.1) is 6.04 Å². The van der Waals surface area contributed by atoms with Crippen molar-refractivity contribution >= 4 is 5.91 Å². The summed E-state index contributed by atoms with van der Waals surface area (Å²) in [6, 6.07) is 9.44. The van der Waals surface area contributed by atoms with Crippen LogP contribution in [0.1, 0.15) is 12.0 Å². The number of carbonyl (C=O) groups is 1. The zero-order chi connectivity index (χ0) is 13.7. The molecule has 1 amide bonds. The normalized spacial score (nSPS) is 21.3. The Bertz CT molecular complexity index is 407. The summed E-state index contributed by atoms with van der Waals surface area (Å²) in [5.41, 5.74) is 7.04. The fraction of sp³-hybridized carbons (Fsp3) is 0.533. The molecule has 1 aliphatic rings. The summed E-state index contributed by atoms with van der Waals surface area (Å²) >= 11 is 0. The molecule has 0 aliphatic carbocycles. The van der Waals surface area contributed by atoms with Crippen molar-refractivity contribution in [2.24, 2.45) is 11.7 Å². The van der Waals surface area contributed by atoms with E-state index >= 15 is 0 Å². The molecule has 4 heteroatoms. The van der Waals surface area contributed by atoms with Gasteiger partial charge in [0.25, 0.3) is 0 Å². The van der Waals surface area contributed by atoms with Crippen molar-refractivity contribution < 1.29 is 4.79 Å². The summed E-state index contributed by atoms with van der Waals surface area (Å²) in [5.74, 6) is 0.524. The van der Waals surface area contributed by atoms with E-state index in [2.05, 4.69) is 17.3 Å². The van der Waals surface area contributed by atoms with Crippen LogP contribution in [-0.4, -0.2) is 43.5 Å². The lowest BCUT2D eigenvalue weighted by molar-refractivity contribution is -0.122. The molecule has 1 aliphatic heterocycles. The zero-order valence-corrected chi connectivity index (χ0v) is 11.5. The molecule has 1 heterocycles. The van der Waals surface area contributed by atoms with Gasteiger partial charge in [-0.3, -0.25) is 4.79 Å². The Balaban J connectivity index is 1.73. The average Bonchev–Trinajstić information content (AvgIpc) is 2.83. The van der Waals surface area contributed by atoms with E-state index in [1.54, 1.807) is 0 Å². The molecule has 1 aromatic carbocycles. The fourth-order valence-corrected chi connectivity index (χ4v) is 2.53. The first kappa shape index (κ1) is 14.0. The Morgan fingerprint density at radius 2 is 2.21 bits per heavy atom. The topological polar surface area (TPSA) is 58.4 Å². The molecule has 3 N–H and O–H groups in total. The second-order valence-corrected chi connectivity index (χ2v) is 5.46. The van der Waals surface area contributed by atoms with Crippen LogP contribution in [0.25, 0.3) is 0 Å². The third-order valence-corrected chi connectivity index (χ3v) is 3.69. The number of benzene rings is 1. The number of amides is 1. The largest absolute Gasteiger partial charge is 0.354 e. The van der Waals surface area contributed by atoms with E-state index in [1.807, 2.05) is 30.3 Å². The van der Waals surface area contributed by atoms with E-state index in [1.165, 1.54) is 0 Å². The molecule has 0 spiro atoms. The molecule has 1 aromatic rings. The van der Waals surface area contributed by atoms with Crippen LogP contribution in [0.15, 0.2) is 30.3 Å². The number of hydrogen-bond acceptors (Lipinski definition) is 3. The molecule has 0 aromatic heterocycles. The number of nitrogens with two attached hydrogens (primary N) is 1. The first-order chi connectivity index (χ1) is 9.15. The van der Waals surface area contributed by atoms with Crippen molar-refractivity contribution in [3.63, 3.8) is 0 Å². The van der Waals surface area contributed by atoms with Crippen molar-refractivity contribution in [1.29, 1.82) is 0 Å². The zero-order valence-electron chi connectivity index (χ0n) is 11.5. The summed E-state index contributed by atoms with van der Waals surface area (Å²) in [5, 5.41) is 2.97. The maximum absolute atomic E-state index is 11.9. The minimum Gasteiger partial charge on any atom is -0.354 e. The summed E-state index contributed by atoms with van der Waals surface area (Å²) in [6.45, 7) is 2.93. The van der Waals surface area contributed by atoms with Gasteiger partial charge in [-0.25, -0.2) is 0 Å². The summed E-state index contributed by atoms with van der Waals surface area (Å²) < 4.78 is 0. The van der Waals surface area contributed by atoms with Gasteiger partial charge in [-0.1, -0.05) is 30.3 Å². The molecule has 1 fully saturated rings. The van der Waals surface area contributed by atoms with Gasteiger partial charge in [-0.2, -0.15) is 0 Å². The number of rotatable bonds is 5. The van der Waals surface area contributed by atoms with Crippen LogP contribution in [0.2, 0.25) is 0 Å². The van der Waals surface area contributed by atoms with E-state index in [9.17, 15) is 4.79 Å². The van der Waals surface area contributed by atoms with Crippen LogP contribution >= 0.6 is 0 Å². The van der Waals surface area contributed by atoms with Crippen LogP contribution < -0.4 is 11.1 Å². The first-order valence-corrected chi connectivity index (χ1v) is 6.91. The van der Waals surface area contributed by atoms with E-state index in [-0.39, 0.29) is 5.91 Å². The summed E-state index contributed by atoms with van der Waals surface area (Å²) in [7, 11) is 2.11. The lowest BCUT2D eigenvalue weighted by Gasteiger charge is -2.15. The van der Waals surface area contributed by atoms with Crippen molar-refractivity contribution in [3.05, 3.63) is 35.9 Å². The van der Waals surface area contributed by atoms with Crippen LogP contribution in [-0.2, 0) is 11.2 Å². The van der Waals surface area contributed by atoms with Crippen LogP contribution in [0.4, 0.5) is 0 Å². The molecule has 1 saturated heterocycles. The maximum Gasteiger partial charge on any atom is 0.237 e. The first-order valence-electron chi connectivity index (χ1n) is 6.91. The van der Waals surface area contributed by atoms with Gasteiger partial charge in [0, 0.05) is 13.1 Å². The second-order valence-electron chi connectivity index (χ2n) is 5.46. The van der Waals surface area contributed by atoms with Crippen molar-refractivity contribution in [2.45, 2.75) is 18.9 Å². The van der Waals surface area contributed by atoms with E-state index in [4.69, 9.17) is 5.73 Å². The van der Waals surface area contributed by atoms with Gasteiger partial charge in [0.2, 0.25) is 5.91 Å². The number of nitrogens with zero attached hydrogens (tertiary/aromatic N) is 1. The molecule has 4 nitrogen and oxygen atoms in total. The van der Waals surface area contributed by atoms with Crippen LogP contribution in [0.3, 0.4) is 0 Å². The predicted octanol–water partition coefficient (Wildman–Crippen LogP) is 0.624. The van der Waals surface area contributed by atoms with Crippen LogP contribution in [0, 0.1) is 5.92 Å². The molecular weight excluding hydrogens is 238 g/mol. The lowest BCUT2D eigenvalue weighted by Crippen LogP contribution is -2.43.